The zero-order valence-electron chi connectivity index (χ0n) is 15.8. The molecule has 0 saturated carbocycles. The molecule has 10 heteroatoms. The molecule has 0 spiro atoms. The SMILES string of the molecule is O=C(Nc1ccc(F)cc1F)[C@@H](Cc1ccccc1)NS(=O)(=O)c1cc(Cl)ccc1Cl. The minimum atomic E-state index is -4.27. The van der Waals surface area contributed by atoms with Crippen molar-refractivity contribution in [1.29, 1.82) is 0 Å². The first kappa shape index (κ1) is 23.1. The Morgan fingerprint density at radius 1 is 0.968 bits per heavy atom. The third kappa shape index (κ3) is 6.01. The van der Waals surface area contributed by atoms with Gasteiger partial charge in [-0.3, -0.25) is 4.79 Å². The topological polar surface area (TPSA) is 75.3 Å². The minimum Gasteiger partial charge on any atom is -0.322 e. The Labute approximate surface area is 188 Å². The summed E-state index contributed by atoms with van der Waals surface area (Å²) in [5.41, 5.74) is 0.367. The van der Waals surface area contributed by atoms with Gasteiger partial charge in [-0.15, -0.1) is 0 Å². The van der Waals surface area contributed by atoms with Crippen molar-refractivity contribution in [2.24, 2.45) is 0 Å². The lowest BCUT2D eigenvalue weighted by Crippen LogP contribution is -2.45. The number of halogens is 4. The molecule has 0 aliphatic heterocycles. The van der Waals surface area contributed by atoms with Crippen LogP contribution in [-0.2, 0) is 21.2 Å². The Morgan fingerprint density at radius 3 is 2.35 bits per heavy atom. The molecular formula is C21H16Cl2F2N2O3S. The Kier molecular flexibility index (Phi) is 7.27. The summed E-state index contributed by atoms with van der Waals surface area (Å²) in [5.74, 6) is -2.64. The molecule has 1 amide bonds. The van der Waals surface area contributed by atoms with Gasteiger partial charge in [0, 0.05) is 11.1 Å². The summed E-state index contributed by atoms with van der Waals surface area (Å²) in [6.07, 6.45) is -0.0348. The van der Waals surface area contributed by atoms with Crippen LogP contribution in [0.3, 0.4) is 0 Å². The van der Waals surface area contributed by atoms with E-state index in [0.29, 0.717) is 11.6 Å². The lowest BCUT2D eigenvalue weighted by Gasteiger charge is -2.19. The first-order chi connectivity index (χ1) is 14.7. The number of nitrogens with one attached hydrogen (secondary N) is 2. The van der Waals surface area contributed by atoms with E-state index in [1.807, 2.05) is 0 Å². The molecule has 0 aliphatic carbocycles. The van der Waals surface area contributed by atoms with Gasteiger partial charge in [0.05, 0.1) is 10.7 Å². The number of hydrogen-bond acceptors (Lipinski definition) is 3. The molecule has 0 heterocycles. The standard InChI is InChI=1S/C21H16Cl2F2N2O3S/c22-14-6-8-16(23)20(11-14)31(29,30)27-19(10-13-4-2-1-3-5-13)21(28)26-18-9-7-15(24)12-17(18)25/h1-9,11-12,19,27H,10H2,(H,26,28)/t19-/m1/s1. The molecule has 0 saturated heterocycles. The summed E-state index contributed by atoms with van der Waals surface area (Å²) in [5, 5.41) is 2.35. The van der Waals surface area contributed by atoms with E-state index in [0.717, 1.165) is 18.2 Å². The average Bonchev–Trinajstić information content (AvgIpc) is 2.72. The maximum Gasteiger partial charge on any atom is 0.242 e. The number of sulfonamides is 1. The number of carbonyl (C=O) groups is 1. The second-order valence-corrected chi connectivity index (χ2v) is 9.08. The predicted molar refractivity (Wildman–Crippen MR) is 116 cm³/mol. The average molecular weight is 485 g/mol. The van der Waals surface area contributed by atoms with Gasteiger partial charge in [0.2, 0.25) is 15.9 Å². The molecule has 2 N–H and O–H groups in total. The Balaban J connectivity index is 1.92. The lowest BCUT2D eigenvalue weighted by molar-refractivity contribution is -0.117. The molecule has 0 fully saturated rings. The van der Waals surface area contributed by atoms with E-state index < -0.39 is 33.6 Å². The van der Waals surface area contributed by atoms with E-state index in [-0.39, 0.29) is 27.0 Å². The van der Waals surface area contributed by atoms with Gasteiger partial charge in [0.25, 0.3) is 0 Å². The van der Waals surface area contributed by atoms with Crippen LogP contribution in [0, 0.1) is 11.6 Å². The summed E-state index contributed by atoms with van der Waals surface area (Å²) in [7, 11) is -4.27. The number of anilines is 1. The van der Waals surface area contributed by atoms with Crippen LogP contribution in [0.4, 0.5) is 14.5 Å². The van der Waals surface area contributed by atoms with Gasteiger partial charge >= 0.3 is 0 Å². The highest BCUT2D eigenvalue weighted by Gasteiger charge is 2.28. The summed E-state index contributed by atoms with van der Waals surface area (Å²) >= 11 is 11.9. The quantitative estimate of drug-likeness (QED) is 0.505. The molecule has 0 radical (unpaired) electrons. The first-order valence-electron chi connectivity index (χ1n) is 8.93. The van der Waals surface area contributed by atoms with E-state index >= 15 is 0 Å². The van der Waals surface area contributed by atoms with Gasteiger partial charge in [0.15, 0.2) is 0 Å². The van der Waals surface area contributed by atoms with Crippen molar-refractivity contribution in [2.45, 2.75) is 17.4 Å². The van der Waals surface area contributed by atoms with E-state index in [2.05, 4.69) is 10.0 Å². The summed E-state index contributed by atoms with van der Waals surface area (Å²) in [6, 6.07) is 13.8. The van der Waals surface area contributed by atoms with Crippen LogP contribution in [0.2, 0.25) is 10.0 Å². The highest BCUT2D eigenvalue weighted by atomic mass is 35.5. The molecule has 5 nitrogen and oxygen atoms in total. The maximum absolute atomic E-state index is 14.0. The van der Waals surface area contributed by atoms with Crippen molar-refractivity contribution in [3.63, 3.8) is 0 Å². The molecule has 3 rings (SSSR count). The molecule has 31 heavy (non-hydrogen) atoms. The molecule has 3 aromatic carbocycles. The molecule has 1 atom stereocenters. The van der Waals surface area contributed by atoms with Crippen LogP contribution in [0.25, 0.3) is 0 Å². The fourth-order valence-electron chi connectivity index (χ4n) is 2.78. The van der Waals surface area contributed by atoms with Crippen LogP contribution in [0.15, 0.2) is 71.6 Å². The molecule has 162 valence electrons. The summed E-state index contributed by atoms with van der Waals surface area (Å²) in [6.45, 7) is 0. The number of hydrogen-bond donors (Lipinski definition) is 2. The van der Waals surface area contributed by atoms with E-state index in [4.69, 9.17) is 23.2 Å². The molecule has 0 bridgehead atoms. The molecule has 0 aromatic heterocycles. The van der Waals surface area contributed by atoms with Crippen molar-refractivity contribution in [3.05, 3.63) is 94.0 Å². The van der Waals surface area contributed by atoms with E-state index in [1.54, 1.807) is 30.3 Å². The summed E-state index contributed by atoms with van der Waals surface area (Å²) < 4.78 is 55.3. The van der Waals surface area contributed by atoms with Crippen molar-refractivity contribution in [3.8, 4) is 0 Å². The monoisotopic (exact) mass is 484 g/mol. The smallest absolute Gasteiger partial charge is 0.242 e. The first-order valence-corrected chi connectivity index (χ1v) is 11.2. The van der Waals surface area contributed by atoms with Crippen LogP contribution >= 0.6 is 23.2 Å². The Bertz CT molecular complexity index is 1210. The molecule has 0 aliphatic rings. The Morgan fingerprint density at radius 2 is 1.68 bits per heavy atom. The molecule has 0 unspecified atom stereocenters. The van der Waals surface area contributed by atoms with Gasteiger partial charge in [-0.25, -0.2) is 17.2 Å². The van der Waals surface area contributed by atoms with Crippen molar-refractivity contribution in [2.75, 3.05) is 5.32 Å². The number of rotatable bonds is 7. The highest BCUT2D eigenvalue weighted by molar-refractivity contribution is 7.89. The van der Waals surface area contributed by atoms with Crippen LogP contribution in [0.5, 0.6) is 0 Å². The second kappa shape index (κ2) is 9.74. The number of amides is 1. The normalized spacial score (nSPS) is 12.4. The second-order valence-electron chi connectivity index (χ2n) is 6.55. The van der Waals surface area contributed by atoms with Crippen molar-refractivity contribution < 1.29 is 22.0 Å². The third-order valence-corrected chi connectivity index (χ3v) is 6.46. The van der Waals surface area contributed by atoms with E-state index in [9.17, 15) is 22.0 Å². The van der Waals surface area contributed by atoms with Gasteiger partial charge < -0.3 is 5.32 Å². The van der Waals surface area contributed by atoms with Crippen LogP contribution in [-0.4, -0.2) is 20.4 Å². The van der Waals surface area contributed by atoms with Gasteiger partial charge in [0.1, 0.15) is 22.6 Å². The highest BCUT2D eigenvalue weighted by Crippen LogP contribution is 2.25. The van der Waals surface area contributed by atoms with E-state index in [1.165, 1.54) is 12.1 Å². The number of benzene rings is 3. The van der Waals surface area contributed by atoms with Crippen molar-refractivity contribution >= 4 is 44.8 Å². The fraction of sp³-hybridized carbons (Fsp3) is 0.0952. The predicted octanol–water partition coefficient (Wildman–Crippen LogP) is 4.80. The molecule has 3 aromatic rings. The maximum atomic E-state index is 14.0. The number of carbonyl (C=O) groups excluding carboxylic acids is 1. The van der Waals surface area contributed by atoms with Gasteiger partial charge in [-0.05, 0) is 42.3 Å². The van der Waals surface area contributed by atoms with Crippen LogP contribution < -0.4 is 10.0 Å². The van der Waals surface area contributed by atoms with Gasteiger partial charge in [-0.2, -0.15) is 4.72 Å². The van der Waals surface area contributed by atoms with Crippen LogP contribution in [0.1, 0.15) is 5.56 Å². The minimum absolute atomic E-state index is 0.0348. The van der Waals surface area contributed by atoms with Crippen molar-refractivity contribution in [1.82, 2.24) is 4.72 Å². The lowest BCUT2D eigenvalue weighted by atomic mass is 10.1. The Hall–Kier alpha value is -2.52. The summed E-state index contributed by atoms with van der Waals surface area (Å²) in [4.78, 5) is 12.6. The third-order valence-electron chi connectivity index (χ3n) is 4.27. The van der Waals surface area contributed by atoms with Gasteiger partial charge in [-0.1, -0.05) is 53.5 Å². The largest absolute Gasteiger partial charge is 0.322 e. The zero-order valence-corrected chi connectivity index (χ0v) is 18.1. The zero-order chi connectivity index (χ0) is 22.6. The molecular weight excluding hydrogens is 469 g/mol. The fourth-order valence-corrected chi connectivity index (χ4v) is 4.74.